The standard InChI is InChI=1S/C28H33ClN2O5/c1-2-3-4-16-36-23-7-5-6-21(19-23)25-24(26(32)20-8-10-22(29)11-9-20)27(33)28(34)31(25)13-12-30-14-17-35-18-15-30/h5-11,19,25,32H,2-4,12-18H2,1H3. The van der Waals surface area contributed by atoms with E-state index in [9.17, 15) is 14.7 Å². The molecule has 0 aliphatic carbocycles. The number of carbonyl (C=O) groups is 2. The van der Waals surface area contributed by atoms with Crippen LogP contribution in [-0.4, -0.2) is 72.6 Å². The molecule has 0 saturated carbocycles. The highest BCUT2D eigenvalue weighted by Gasteiger charge is 2.46. The number of aliphatic hydroxyl groups excluding tert-OH is 1. The maximum atomic E-state index is 13.3. The lowest BCUT2D eigenvalue weighted by Gasteiger charge is -2.31. The van der Waals surface area contributed by atoms with Crippen LogP contribution in [0.2, 0.25) is 5.02 Å². The lowest BCUT2D eigenvalue weighted by molar-refractivity contribution is -0.140. The topological polar surface area (TPSA) is 79.3 Å². The highest BCUT2D eigenvalue weighted by Crippen LogP contribution is 2.40. The molecule has 0 radical (unpaired) electrons. The van der Waals surface area contributed by atoms with Crippen molar-refractivity contribution in [1.82, 2.24) is 9.80 Å². The van der Waals surface area contributed by atoms with Crippen molar-refractivity contribution in [2.75, 3.05) is 46.0 Å². The minimum absolute atomic E-state index is 0.0763. The molecular weight excluding hydrogens is 480 g/mol. The molecule has 2 aromatic carbocycles. The lowest BCUT2D eigenvalue weighted by atomic mass is 9.95. The van der Waals surface area contributed by atoms with Gasteiger partial charge in [0.2, 0.25) is 0 Å². The molecule has 2 saturated heterocycles. The van der Waals surface area contributed by atoms with E-state index in [1.807, 2.05) is 24.3 Å². The van der Waals surface area contributed by atoms with Crippen molar-refractivity contribution in [3.05, 3.63) is 70.3 Å². The summed E-state index contributed by atoms with van der Waals surface area (Å²) in [5, 5.41) is 11.7. The van der Waals surface area contributed by atoms with Crippen LogP contribution in [0.25, 0.3) is 5.76 Å². The molecule has 2 aromatic rings. The van der Waals surface area contributed by atoms with E-state index >= 15 is 0 Å². The zero-order valence-corrected chi connectivity index (χ0v) is 21.4. The molecule has 1 amide bonds. The quantitative estimate of drug-likeness (QED) is 0.216. The Morgan fingerprint density at radius 2 is 1.83 bits per heavy atom. The van der Waals surface area contributed by atoms with Gasteiger partial charge in [0.05, 0.1) is 31.4 Å². The van der Waals surface area contributed by atoms with Gasteiger partial charge in [0.1, 0.15) is 11.5 Å². The average molecular weight is 513 g/mol. The fourth-order valence-electron chi connectivity index (χ4n) is 4.61. The fourth-order valence-corrected chi connectivity index (χ4v) is 4.74. The van der Waals surface area contributed by atoms with Gasteiger partial charge in [0, 0.05) is 36.8 Å². The van der Waals surface area contributed by atoms with Gasteiger partial charge in [-0.3, -0.25) is 14.5 Å². The minimum Gasteiger partial charge on any atom is -0.507 e. The summed E-state index contributed by atoms with van der Waals surface area (Å²) >= 11 is 6.01. The number of likely N-dealkylation sites (tertiary alicyclic amines) is 1. The summed E-state index contributed by atoms with van der Waals surface area (Å²) in [6.07, 6.45) is 3.14. The van der Waals surface area contributed by atoms with Crippen molar-refractivity contribution in [3.63, 3.8) is 0 Å². The van der Waals surface area contributed by atoms with Crippen LogP contribution in [0, 0.1) is 0 Å². The second-order valence-electron chi connectivity index (χ2n) is 9.08. The molecule has 8 heteroatoms. The van der Waals surface area contributed by atoms with E-state index in [1.165, 1.54) is 0 Å². The number of aliphatic hydroxyl groups is 1. The third-order valence-electron chi connectivity index (χ3n) is 6.61. The number of nitrogens with zero attached hydrogens (tertiary/aromatic N) is 2. The molecule has 4 rings (SSSR count). The van der Waals surface area contributed by atoms with Gasteiger partial charge >= 0.3 is 0 Å². The summed E-state index contributed by atoms with van der Waals surface area (Å²) in [7, 11) is 0. The van der Waals surface area contributed by atoms with Crippen LogP contribution in [0.3, 0.4) is 0 Å². The molecule has 0 aromatic heterocycles. The first-order chi connectivity index (χ1) is 17.5. The molecule has 2 aliphatic heterocycles. The number of rotatable bonds is 10. The second-order valence-corrected chi connectivity index (χ2v) is 9.52. The van der Waals surface area contributed by atoms with Gasteiger partial charge in [-0.2, -0.15) is 0 Å². The summed E-state index contributed by atoms with van der Waals surface area (Å²) in [4.78, 5) is 30.3. The number of amides is 1. The molecule has 0 bridgehead atoms. The van der Waals surface area contributed by atoms with Gasteiger partial charge in [-0.05, 0) is 48.4 Å². The first-order valence-corrected chi connectivity index (χ1v) is 12.9. The summed E-state index contributed by atoms with van der Waals surface area (Å²) in [5.74, 6) is -0.839. The maximum absolute atomic E-state index is 13.3. The maximum Gasteiger partial charge on any atom is 0.295 e. The largest absolute Gasteiger partial charge is 0.507 e. The highest BCUT2D eigenvalue weighted by molar-refractivity contribution is 6.46. The van der Waals surface area contributed by atoms with Crippen molar-refractivity contribution < 1.29 is 24.2 Å². The number of halogens is 1. The van der Waals surface area contributed by atoms with E-state index in [0.29, 0.717) is 49.2 Å². The van der Waals surface area contributed by atoms with Crippen LogP contribution in [0.1, 0.15) is 43.4 Å². The predicted octanol–water partition coefficient (Wildman–Crippen LogP) is 4.66. The number of unbranched alkanes of at least 4 members (excludes halogenated alkanes) is 2. The third-order valence-corrected chi connectivity index (χ3v) is 6.86. The molecule has 36 heavy (non-hydrogen) atoms. The number of benzene rings is 2. The molecule has 2 fully saturated rings. The third kappa shape index (κ3) is 6.09. The van der Waals surface area contributed by atoms with Crippen LogP contribution in [0.5, 0.6) is 5.75 Å². The molecular formula is C28H33ClN2O5. The number of ketones is 1. The van der Waals surface area contributed by atoms with Gasteiger partial charge in [0.25, 0.3) is 11.7 Å². The Balaban J connectivity index is 1.68. The molecule has 1 atom stereocenters. The van der Waals surface area contributed by atoms with Crippen molar-refractivity contribution in [2.24, 2.45) is 0 Å². The zero-order chi connectivity index (χ0) is 25.5. The summed E-state index contributed by atoms with van der Waals surface area (Å²) in [6, 6.07) is 13.3. The van der Waals surface area contributed by atoms with Crippen LogP contribution in [0.4, 0.5) is 0 Å². The van der Waals surface area contributed by atoms with Gasteiger partial charge in [-0.15, -0.1) is 0 Å². The molecule has 0 spiro atoms. The van der Waals surface area contributed by atoms with Gasteiger partial charge < -0.3 is 19.5 Å². The molecule has 1 unspecified atom stereocenters. The van der Waals surface area contributed by atoms with Crippen LogP contribution in [-0.2, 0) is 14.3 Å². The van der Waals surface area contributed by atoms with E-state index in [0.717, 1.165) is 37.9 Å². The molecule has 2 aliphatic rings. The van der Waals surface area contributed by atoms with Gasteiger partial charge in [0.15, 0.2) is 0 Å². The van der Waals surface area contributed by atoms with Gasteiger partial charge in [-0.25, -0.2) is 0 Å². The smallest absolute Gasteiger partial charge is 0.295 e. The molecule has 1 N–H and O–H groups in total. The fraction of sp³-hybridized carbons (Fsp3) is 0.429. The summed E-state index contributed by atoms with van der Waals surface area (Å²) < 4.78 is 11.4. The Hall–Kier alpha value is -2.87. The van der Waals surface area contributed by atoms with Gasteiger partial charge in [-0.1, -0.05) is 43.5 Å². The Morgan fingerprint density at radius 3 is 2.56 bits per heavy atom. The average Bonchev–Trinajstić information content (AvgIpc) is 3.16. The molecule has 192 valence electrons. The number of morpholine rings is 1. The van der Waals surface area contributed by atoms with Crippen molar-refractivity contribution in [2.45, 2.75) is 32.2 Å². The Morgan fingerprint density at radius 1 is 1.08 bits per heavy atom. The Labute approximate surface area is 217 Å². The lowest BCUT2D eigenvalue weighted by Crippen LogP contribution is -2.42. The highest BCUT2D eigenvalue weighted by atomic mass is 35.5. The summed E-state index contributed by atoms with van der Waals surface area (Å²) in [5.41, 5.74) is 1.23. The van der Waals surface area contributed by atoms with E-state index in [1.54, 1.807) is 29.2 Å². The van der Waals surface area contributed by atoms with Crippen molar-refractivity contribution >= 4 is 29.1 Å². The van der Waals surface area contributed by atoms with E-state index in [4.69, 9.17) is 21.1 Å². The number of carbonyl (C=O) groups excluding carboxylic acids is 2. The van der Waals surface area contributed by atoms with E-state index in [2.05, 4.69) is 11.8 Å². The van der Waals surface area contributed by atoms with Crippen LogP contribution in [0.15, 0.2) is 54.1 Å². The van der Waals surface area contributed by atoms with E-state index < -0.39 is 17.7 Å². The number of ether oxygens (including phenoxy) is 2. The molecule has 2 heterocycles. The monoisotopic (exact) mass is 512 g/mol. The normalized spacial score (nSPS) is 20.2. The molecule has 7 nitrogen and oxygen atoms in total. The van der Waals surface area contributed by atoms with E-state index in [-0.39, 0.29) is 11.3 Å². The minimum atomic E-state index is -0.721. The Bertz CT molecular complexity index is 1100. The van der Waals surface area contributed by atoms with Crippen molar-refractivity contribution in [1.29, 1.82) is 0 Å². The zero-order valence-electron chi connectivity index (χ0n) is 20.6. The number of Topliss-reactive ketones (excluding diaryl/α,β-unsaturated/α-hetero) is 1. The SMILES string of the molecule is CCCCCOc1cccc(C2C(=C(O)c3ccc(Cl)cc3)C(=O)C(=O)N2CCN2CCOCC2)c1. The van der Waals surface area contributed by atoms with Crippen LogP contribution >= 0.6 is 11.6 Å². The Kier molecular flexibility index (Phi) is 9.02. The second kappa shape index (κ2) is 12.4. The number of hydrogen-bond donors (Lipinski definition) is 1. The first kappa shape index (κ1) is 26.2. The predicted molar refractivity (Wildman–Crippen MR) is 139 cm³/mol. The first-order valence-electron chi connectivity index (χ1n) is 12.6. The summed E-state index contributed by atoms with van der Waals surface area (Å²) in [6.45, 7) is 6.56. The van der Waals surface area contributed by atoms with Crippen LogP contribution < -0.4 is 4.74 Å². The van der Waals surface area contributed by atoms with Crippen molar-refractivity contribution in [3.8, 4) is 5.75 Å². The number of hydrogen-bond acceptors (Lipinski definition) is 6.